The third-order valence-electron chi connectivity index (χ3n) is 2.32. The summed E-state index contributed by atoms with van der Waals surface area (Å²) in [6.07, 6.45) is 0. The number of carbonyl (C=O) groups excluding carboxylic acids is 1. The summed E-state index contributed by atoms with van der Waals surface area (Å²) in [6.45, 7) is 7.69. The van der Waals surface area contributed by atoms with Gasteiger partial charge in [0.15, 0.2) is 0 Å². The van der Waals surface area contributed by atoms with E-state index in [1.54, 1.807) is 0 Å². The highest BCUT2D eigenvalue weighted by Gasteiger charge is 2.24. The monoisotopic (exact) mass is 186 g/mol. The lowest BCUT2D eigenvalue weighted by Crippen LogP contribution is -2.58. The third kappa shape index (κ3) is 2.97. The van der Waals surface area contributed by atoms with E-state index in [9.17, 15) is 4.79 Å². The lowest BCUT2D eigenvalue weighted by molar-refractivity contribution is -0.145. The number of likely N-dealkylation sites (N-methyl/N-ethyl adjacent to an activating group) is 1. The SMILES string of the molecule is CCOC(=O)CN(CC)C1CNC1. The summed E-state index contributed by atoms with van der Waals surface area (Å²) in [6, 6.07) is 0.523. The molecule has 0 aromatic rings. The highest BCUT2D eigenvalue weighted by atomic mass is 16.5. The van der Waals surface area contributed by atoms with Crippen LogP contribution in [0.2, 0.25) is 0 Å². The van der Waals surface area contributed by atoms with Crippen LogP contribution in [0.3, 0.4) is 0 Å². The fraction of sp³-hybridized carbons (Fsp3) is 0.889. The number of hydrogen-bond donors (Lipinski definition) is 1. The predicted molar refractivity (Wildman–Crippen MR) is 50.5 cm³/mol. The highest BCUT2D eigenvalue weighted by Crippen LogP contribution is 2.04. The maximum atomic E-state index is 11.2. The number of ether oxygens (including phenoxy) is 1. The van der Waals surface area contributed by atoms with E-state index in [4.69, 9.17) is 4.74 Å². The molecule has 0 aliphatic carbocycles. The quantitative estimate of drug-likeness (QED) is 0.606. The molecule has 1 rings (SSSR count). The first-order valence-electron chi connectivity index (χ1n) is 4.88. The van der Waals surface area contributed by atoms with Crippen LogP contribution in [-0.2, 0) is 9.53 Å². The van der Waals surface area contributed by atoms with Crippen molar-refractivity contribution < 1.29 is 9.53 Å². The third-order valence-corrected chi connectivity index (χ3v) is 2.32. The first-order chi connectivity index (χ1) is 6.27. The van der Waals surface area contributed by atoms with Crippen LogP contribution in [-0.4, -0.2) is 49.7 Å². The summed E-state index contributed by atoms with van der Waals surface area (Å²) in [5.74, 6) is -0.115. The molecule has 1 aliphatic rings. The zero-order valence-electron chi connectivity index (χ0n) is 8.38. The van der Waals surface area contributed by atoms with E-state index >= 15 is 0 Å². The zero-order valence-corrected chi connectivity index (χ0v) is 8.38. The van der Waals surface area contributed by atoms with Gasteiger partial charge in [0.05, 0.1) is 13.2 Å². The van der Waals surface area contributed by atoms with E-state index < -0.39 is 0 Å². The van der Waals surface area contributed by atoms with Crippen LogP contribution in [0.15, 0.2) is 0 Å². The van der Waals surface area contributed by atoms with Crippen LogP contribution in [0.1, 0.15) is 13.8 Å². The molecular formula is C9H18N2O2. The molecule has 4 heteroatoms. The van der Waals surface area contributed by atoms with Crippen molar-refractivity contribution in [2.75, 3.05) is 32.8 Å². The number of rotatable bonds is 5. The Bertz CT molecular complexity index is 169. The van der Waals surface area contributed by atoms with E-state index in [0.717, 1.165) is 19.6 Å². The molecule has 0 unspecified atom stereocenters. The van der Waals surface area contributed by atoms with Crippen molar-refractivity contribution in [3.05, 3.63) is 0 Å². The Kier molecular flexibility index (Phi) is 4.18. The van der Waals surface area contributed by atoms with Crippen molar-refractivity contribution in [3.63, 3.8) is 0 Å². The molecule has 1 fully saturated rings. The van der Waals surface area contributed by atoms with Gasteiger partial charge in [-0.3, -0.25) is 9.69 Å². The van der Waals surface area contributed by atoms with Crippen molar-refractivity contribution in [3.8, 4) is 0 Å². The van der Waals surface area contributed by atoms with E-state index in [2.05, 4.69) is 17.1 Å². The molecule has 4 nitrogen and oxygen atoms in total. The van der Waals surface area contributed by atoms with Crippen LogP contribution in [0.4, 0.5) is 0 Å². The van der Waals surface area contributed by atoms with Crippen molar-refractivity contribution in [2.45, 2.75) is 19.9 Å². The van der Waals surface area contributed by atoms with Gasteiger partial charge in [0.25, 0.3) is 0 Å². The van der Waals surface area contributed by atoms with Gasteiger partial charge in [-0.25, -0.2) is 0 Å². The average molecular weight is 186 g/mol. The molecule has 0 aromatic heterocycles. The first kappa shape index (κ1) is 10.5. The Labute approximate surface area is 79.2 Å². The van der Waals surface area contributed by atoms with Gasteiger partial charge in [0.1, 0.15) is 0 Å². The predicted octanol–water partition coefficient (Wildman–Crippen LogP) is -0.157. The minimum Gasteiger partial charge on any atom is -0.465 e. The molecule has 1 heterocycles. The van der Waals surface area contributed by atoms with Crippen molar-refractivity contribution >= 4 is 5.97 Å². The Morgan fingerprint density at radius 1 is 1.54 bits per heavy atom. The number of esters is 1. The van der Waals surface area contributed by atoms with E-state index in [0.29, 0.717) is 19.2 Å². The van der Waals surface area contributed by atoms with Crippen LogP contribution in [0.25, 0.3) is 0 Å². The van der Waals surface area contributed by atoms with E-state index in [1.807, 2.05) is 6.92 Å². The van der Waals surface area contributed by atoms with Gasteiger partial charge in [-0.2, -0.15) is 0 Å². The van der Waals surface area contributed by atoms with Gasteiger partial charge in [-0.15, -0.1) is 0 Å². The second kappa shape index (κ2) is 5.19. The fourth-order valence-electron chi connectivity index (χ4n) is 1.40. The minimum absolute atomic E-state index is 0.115. The molecule has 76 valence electrons. The number of carbonyl (C=O) groups is 1. The highest BCUT2D eigenvalue weighted by molar-refractivity contribution is 5.71. The molecule has 0 aromatic carbocycles. The largest absolute Gasteiger partial charge is 0.465 e. The summed E-state index contributed by atoms with van der Waals surface area (Å²) < 4.78 is 4.89. The Balaban J connectivity index is 2.25. The molecule has 1 aliphatic heterocycles. The minimum atomic E-state index is -0.115. The summed E-state index contributed by atoms with van der Waals surface area (Å²) >= 11 is 0. The van der Waals surface area contributed by atoms with Gasteiger partial charge >= 0.3 is 5.97 Å². The molecule has 1 N–H and O–H groups in total. The van der Waals surface area contributed by atoms with Gasteiger partial charge < -0.3 is 10.1 Å². The molecule has 0 atom stereocenters. The van der Waals surface area contributed by atoms with Gasteiger partial charge in [0, 0.05) is 19.1 Å². The zero-order chi connectivity index (χ0) is 9.68. The normalized spacial score (nSPS) is 17.2. The Morgan fingerprint density at radius 3 is 2.62 bits per heavy atom. The summed E-state index contributed by atoms with van der Waals surface area (Å²) in [4.78, 5) is 13.3. The van der Waals surface area contributed by atoms with Crippen molar-refractivity contribution in [1.82, 2.24) is 10.2 Å². The molecule has 0 amide bonds. The average Bonchev–Trinajstić information content (AvgIpc) is 2.00. The maximum Gasteiger partial charge on any atom is 0.320 e. The van der Waals surface area contributed by atoms with E-state index in [1.165, 1.54) is 0 Å². The smallest absolute Gasteiger partial charge is 0.320 e. The lowest BCUT2D eigenvalue weighted by Gasteiger charge is -2.36. The maximum absolute atomic E-state index is 11.2. The number of nitrogens with zero attached hydrogens (tertiary/aromatic N) is 1. The second-order valence-electron chi connectivity index (χ2n) is 3.18. The summed E-state index contributed by atoms with van der Waals surface area (Å²) in [5.41, 5.74) is 0. The van der Waals surface area contributed by atoms with Crippen LogP contribution >= 0.6 is 0 Å². The van der Waals surface area contributed by atoms with Crippen molar-refractivity contribution in [1.29, 1.82) is 0 Å². The summed E-state index contributed by atoms with van der Waals surface area (Å²) in [5, 5.41) is 3.19. The second-order valence-corrected chi connectivity index (χ2v) is 3.18. The van der Waals surface area contributed by atoms with Gasteiger partial charge in [0.2, 0.25) is 0 Å². The van der Waals surface area contributed by atoms with Gasteiger partial charge in [-0.1, -0.05) is 6.92 Å². The number of hydrogen-bond acceptors (Lipinski definition) is 4. The Hall–Kier alpha value is -0.610. The van der Waals surface area contributed by atoms with Crippen LogP contribution < -0.4 is 5.32 Å². The standard InChI is InChI=1S/C9H18N2O2/c1-3-11(8-5-10-6-8)7-9(12)13-4-2/h8,10H,3-7H2,1-2H3. The molecule has 0 saturated carbocycles. The van der Waals surface area contributed by atoms with E-state index in [-0.39, 0.29) is 5.97 Å². The molecule has 0 spiro atoms. The van der Waals surface area contributed by atoms with Crippen LogP contribution in [0.5, 0.6) is 0 Å². The molecule has 0 bridgehead atoms. The molecule has 13 heavy (non-hydrogen) atoms. The lowest BCUT2D eigenvalue weighted by atomic mass is 10.1. The van der Waals surface area contributed by atoms with Crippen LogP contribution in [0, 0.1) is 0 Å². The molecular weight excluding hydrogens is 168 g/mol. The topological polar surface area (TPSA) is 41.6 Å². The molecule has 0 radical (unpaired) electrons. The Morgan fingerprint density at radius 2 is 2.23 bits per heavy atom. The summed E-state index contributed by atoms with van der Waals surface area (Å²) in [7, 11) is 0. The number of nitrogens with one attached hydrogen (secondary N) is 1. The van der Waals surface area contributed by atoms with Crippen molar-refractivity contribution in [2.24, 2.45) is 0 Å². The molecule has 1 saturated heterocycles. The fourth-order valence-corrected chi connectivity index (χ4v) is 1.40. The van der Waals surface area contributed by atoms with Gasteiger partial charge in [-0.05, 0) is 13.5 Å². The first-order valence-corrected chi connectivity index (χ1v) is 4.88.